The molecular weight excluding hydrogens is 455 g/mol. The first-order chi connectivity index (χ1) is 16.9. The first-order valence-corrected chi connectivity index (χ1v) is 11.0. The van der Waals surface area contributed by atoms with Crippen molar-refractivity contribution in [3.8, 4) is 5.75 Å². The number of nitrogens with zero attached hydrogens (tertiary/aromatic N) is 2. The monoisotopic (exact) mass is 478 g/mol. The molecule has 0 aliphatic carbocycles. The lowest BCUT2D eigenvalue weighted by Crippen LogP contribution is -2.55. The lowest BCUT2D eigenvalue weighted by atomic mass is 9.79. The van der Waals surface area contributed by atoms with Crippen molar-refractivity contribution >= 4 is 23.3 Å². The molecule has 1 fully saturated rings. The number of anilines is 1. The number of nitro groups is 1. The van der Waals surface area contributed by atoms with Crippen LogP contribution in [0.25, 0.3) is 0 Å². The van der Waals surface area contributed by atoms with E-state index in [4.69, 9.17) is 9.47 Å². The smallest absolute Gasteiger partial charge is 0.305 e. The summed E-state index contributed by atoms with van der Waals surface area (Å²) in [5.41, 5.74) is 2.23. The van der Waals surface area contributed by atoms with Gasteiger partial charge in [0.05, 0.1) is 24.0 Å². The first kappa shape index (κ1) is 23.9. The molecule has 35 heavy (non-hydrogen) atoms. The molecule has 3 aromatic carbocycles. The third kappa shape index (κ3) is 5.29. The van der Waals surface area contributed by atoms with Crippen molar-refractivity contribution in [1.29, 1.82) is 0 Å². The Kier molecular flexibility index (Phi) is 7.05. The van der Waals surface area contributed by atoms with E-state index in [2.05, 4.69) is 0 Å². The fourth-order valence-electron chi connectivity index (χ4n) is 4.12. The lowest BCUT2D eigenvalue weighted by molar-refractivity contribution is -0.384. The molecule has 0 radical (unpaired) electrons. The molecule has 0 unspecified atom stereocenters. The summed E-state index contributed by atoms with van der Waals surface area (Å²) in [7, 11) is 1.31. The van der Waals surface area contributed by atoms with Gasteiger partial charge in [0.25, 0.3) is 5.69 Å². The van der Waals surface area contributed by atoms with Crippen LogP contribution in [-0.2, 0) is 20.9 Å². The molecule has 4 rings (SSSR count). The number of ether oxygens (including phenoxy) is 2. The van der Waals surface area contributed by atoms with E-state index in [1.807, 2.05) is 12.1 Å². The van der Waals surface area contributed by atoms with Gasteiger partial charge in [-0.25, -0.2) is 4.39 Å². The molecule has 3 aromatic rings. The number of carbonyl (C=O) groups excluding carboxylic acids is 2. The minimum atomic E-state index is -0.456. The van der Waals surface area contributed by atoms with Gasteiger partial charge in [-0.15, -0.1) is 0 Å². The summed E-state index contributed by atoms with van der Waals surface area (Å²) in [6, 6.07) is 18.8. The first-order valence-electron chi connectivity index (χ1n) is 11.0. The Labute approximate surface area is 201 Å². The quantitative estimate of drug-likeness (QED) is 0.186. The molecule has 9 heteroatoms. The topological polar surface area (TPSA) is 99.0 Å². The highest BCUT2D eigenvalue weighted by Gasteiger charge is 2.48. The zero-order chi connectivity index (χ0) is 24.9. The van der Waals surface area contributed by atoms with Crippen LogP contribution in [0.3, 0.4) is 0 Å². The Morgan fingerprint density at radius 1 is 1.03 bits per heavy atom. The van der Waals surface area contributed by atoms with Crippen molar-refractivity contribution in [2.24, 2.45) is 5.92 Å². The van der Waals surface area contributed by atoms with Gasteiger partial charge in [-0.05, 0) is 66.1 Å². The highest BCUT2D eigenvalue weighted by Crippen LogP contribution is 2.45. The summed E-state index contributed by atoms with van der Waals surface area (Å²) in [6.45, 7) is 0.239. The van der Waals surface area contributed by atoms with Gasteiger partial charge in [-0.3, -0.25) is 19.7 Å². The predicted octanol–water partition coefficient (Wildman–Crippen LogP) is 4.97. The predicted molar refractivity (Wildman–Crippen MR) is 125 cm³/mol. The Bertz CT molecular complexity index is 1210. The maximum absolute atomic E-state index is 13.4. The van der Waals surface area contributed by atoms with Gasteiger partial charge in [0, 0.05) is 24.2 Å². The molecule has 0 N–H and O–H groups in total. The molecule has 2 atom stereocenters. The summed E-state index contributed by atoms with van der Waals surface area (Å²) < 4.78 is 23.9. The van der Waals surface area contributed by atoms with Gasteiger partial charge in [0.2, 0.25) is 5.91 Å². The molecule has 180 valence electrons. The van der Waals surface area contributed by atoms with Gasteiger partial charge in [0.1, 0.15) is 18.2 Å². The van der Waals surface area contributed by atoms with Crippen LogP contribution in [0.2, 0.25) is 0 Å². The Morgan fingerprint density at radius 3 is 2.29 bits per heavy atom. The van der Waals surface area contributed by atoms with E-state index in [1.165, 1.54) is 31.4 Å². The van der Waals surface area contributed by atoms with Crippen LogP contribution in [0.15, 0.2) is 72.8 Å². The number of methoxy groups -OCH3 is 1. The number of carbonyl (C=O) groups is 2. The zero-order valence-electron chi connectivity index (χ0n) is 18.9. The van der Waals surface area contributed by atoms with Gasteiger partial charge in [0.15, 0.2) is 0 Å². The van der Waals surface area contributed by atoms with Crippen LogP contribution in [0.5, 0.6) is 5.75 Å². The van der Waals surface area contributed by atoms with Crippen molar-refractivity contribution in [1.82, 2.24) is 0 Å². The summed E-state index contributed by atoms with van der Waals surface area (Å²) in [5.74, 6) is -0.728. The highest BCUT2D eigenvalue weighted by atomic mass is 19.1. The van der Waals surface area contributed by atoms with Crippen molar-refractivity contribution < 1.29 is 28.4 Å². The van der Waals surface area contributed by atoms with Crippen LogP contribution in [0.4, 0.5) is 15.8 Å². The van der Waals surface area contributed by atoms with Crippen LogP contribution >= 0.6 is 0 Å². The van der Waals surface area contributed by atoms with Crippen LogP contribution in [-0.4, -0.2) is 23.9 Å². The Morgan fingerprint density at radius 2 is 1.69 bits per heavy atom. The summed E-state index contributed by atoms with van der Waals surface area (Å²) in [6.07, 6.45) is 0.462. The van der Waals surface area contributed by atoms with E-state index < -0.39 is 16.7 Å². The van der Waals surface area contributed by atoms with Crippen LogP contribution in [0, 0.1) is 21.8 Å². The molecular formula is C26H23FN2O6. The number of hydrogen-bond donors (Lipinski definition) is 0. The van der Waals surface area contributed by atoms with E-state index in [0.717, 1.165) is 11.1 Å². The van der Waals surface area contributed by atoms with E-state index >= 15 is 0 Å². The normalized spacial score (nSPS) is 17.0. The minimum absolute atomic E-state index is 0.0145. The number of rotatable bonds is 9. The van der Waals surface area contributed by atoms with Crippen LogP contribution in [0.1, 0.15) is 30.0 Å². The number of benzene rings is 3. The van der Waals surface area contributed by atoms with E-state index in [1.54, 1.807) is 41.3 Å². The molecule has 1 saturated heterocycles. The standard InChI is InChI=1S/C26H23FN2O6/c1-34-24(30)15-14-23-25(28(26(23)31)20-10-6-19(27)7-11-20)18-4-12-22(13-5-18)35-16-17-2-8-21(9-3-17)29(32)33/h2-13,23,25H,14-16H2,1H3/t23-,25-/m1/s1. The fourth-order valence-corrected chi connectivity index (χ4v) is 4.12. The fraction of sp³-hybridized carbons (Fsp3) is 0.231. The number of amides is 1. The highest BCUT2D eigenvalue weighted by molar-refractivity contribution is 6.03. The maximum atomic E-state index is 13.4. The van der Waals surface area contributed by atoms with E-state index in [9.17, 15) is 24.1 Å². The average molecular weight is 478 g/mol. The molecule has 1 aliphatic heterocycles. The van der Waals surface area contributed by atoms with E-state index in [-0.39, 0.29) is 36.6 Å². The second-order valence-electron chi connectivity index (χ2n) is 8.13. The largest absolute Gasteiger partial charge is 0.489 e. The number of β-lactam (4-membered cyclic amide) rings is 1. The van der Waals surface area contributed by atoms with Gasteiger partial charge < -0.3 is 14.4 Å². The van der Waals surface area contributed by atoms with E-state index in [0.29, 0.717) is 17.9 Å². The molecule has 1 aliphatic rings. The number of esters is 1. The van der Waals surface area contributed by atoms with Gasteiger partial charge in [-0.1, -0.05) is 12.1 Å². The van der Waals surface area contributed by atoms with Gasteiger partial charge in [-0.2, -0.15) is 0 Å². The molecule has 1 amide bonds. The number of non-ortho nitro benzene ring substituents is 1. The zero-order valence-corrected chi connectivity index (χ0v) is 18.9. The Balaban J connectivity index is 1.49. The summed E-state index contributed by atoms with van der Waals surface area (Å²) >= 11 is 0. The average Bonchev–Trinajstić information content (AvgIpc) is 2.87. The van der Waals surface area contributed by atoms with Gasteiger partial charge >= 0.3 is 5.97 Å². The molecule has 1 heterocycles. The maximum Gasteiger partial charge on any atom is 0.305 e. The molecule has 0 bridgehead atoms. The molecule has 0 spiro atoms. The SMILES string of the molecule is COC(=O)CC[C@H]1C(=O)N(c2ccc(F)cc2)[C@@H]1c1ccc(OCc2ccc([N+](=O)[O-])cc2)cc1. The minimum Gasteiger partial charge on any atom is -0.489 e. The molecule has 8 nitrogen and oxygen atoms in total. The Hall–Kier alpha value is -4.27. The number of nitro benzene ring substituents is 1. The summed E-state index contributed by atoms with van der Waals surface area (Å²) in [5, 5.41) is 10.8. The number of halogens is 1. The van der Waals surface area contributed by atoms with Crippen molar-refractivity contribution in [2.75, 3.05) is 12.0 Å². The summed E-state index contributed by atoms with van der Waals surface area (Å²) in [4.78, 5) is 36.5. The third-order valence-electron chi connectivity index (χ3n) is 5.98. The van der Waals surface area contributed by atoms with Crippen LogP contribution < -0.4 is 9.64 Å². The number of hydrogen-bond acceptors (Lipinski definition) is 6. The third-order valence-corrected chi connectivity index (χ3v) is 5.98. The molecule has 0 aromatic heterocycles. The second-order valence-corrected chi connectivity index (χ2v) is 8.13. The lowest BCUT2D eigenvalue weighted by Gasteiger charge is -2.47. The van der Waals surface area contributed by atoms with Crippen molar-refractivity contribution in [3.05, 3.63) is 99.9 Å². The molecule has 0 saturated carbocycles. The van der Waals surface area contributed by atoms with Crippen molar-refractivity contribution in [2.45, 2.75) is 25.5 Å². The second kappa shape index (κ2) is 10.3. The van der Waals surface area contributed by atoms with Crippen molar-refractivity contribution in [3.63, 3.8) is 0 Å².